The Hall–Kier alpha value is -3.45. The van der Waals surface area contributed by atoms with Crippen molar-refractivity contribution in [2.45, 2.75) is 19.9 Å². The summed E-state index contributed by atoms with van der Waals surface area (Å²) < 4.78 is 29.1. The lowest BCUT2D eigenvalue weighted by molar-refractivity contribution is 0.155. The fourth-order valence-corrected chi connectivity index (χ4v) is 4.91. The number of likely N-dealkylation sites (N-methyl/N-ethyl adjacent to an activating group) is 1. The number of fused-ring (bicyclic) bond motifs is 1. The highest BCUT2D eigenvalue weighted by Crippen LogP contribution is 2.22. The van der Waals surface area contributed by atoms with Gasteiger partial charge in [-0.05, 0) is 19.0 Å². The number of aromatic nitrogens is 4. The van der Waals surface area contributed by atoms with Crippen LogP contribution in [0.5, 0.6) is 0 Å². The van der Waals surface area contributed by atoms with Crippen molar-refractivity contribution in [3.8, 4) is 0 Å². The van der Waals surface area contributed by atoms with Gasteiger partial charge in [0.05, 0.1) is 12.3 Å². The zero-order chi connectivity index (χ0) is 24.5. The number of hydrogen-bond acceptors (Lipinski definition) is 8. The summed E-state index contributed by atoms with van der Waals surface area (Å²) in [4.78, 5) is 38.9. The molecular formula is C21H28N8O4S. The number of carbonyl (C=O) groups is 1. The van der Waals surface area contributed by atoms with Gasteiger partial charge in [-0.2, -0.15) is 9.97 Å². The zero-order valence-corrected chi connectivity index (χ0v) is 20.0. The molecule has 3 aromatic rings. The van der Waals surface area contributed by atoms with Crippen LogP contribution < -0.4 is 16.1 Å². The number of hydrogen-bond donors (Lipinski definition) is 2. The average Bonchev–Trinajstić information content (AvgIpc) is 3.06. The molecule has 1 aromatic carbocycles. The van der Waals surface area contributed by atoms with Gasteiger partial charge in [0.15, 0.2) is 11.5 Å². The SMILES string of the molecule is CCCS(=O)(=O)Nc1nc(N)c2c(n1)n(Cc1ccccc1)c(=O)n2C(=O)N1CCN(C)CC1. The summed E-state index contributed by atoms with van der Waals surface area (Å²) >= 11 is 0. The maximum absolute atomic E-state index is 13.5. The van der Waals surface area contributed by atoms with E-state index >= 15 is 0 Å². The monoisotopic (exact) mass is 488 g/mol. The fourth-order valence-electron chi connectivity index (χ4n) is 3.90. The predicted octanol–water partition coefficient (Wildman–Crippen LogP) is 0.591. The van der Waals surface area contributed by atoms with Crippen LogP contribution in [-0.2, 0) is 16.6 Å². The Morgan fingerprint density at radius 1 is 1.12 bits per heavy atom. The highest BCUT2D eigenvalue weighted by Gasteiger charge is 2.28. The minimum Gasteiger partial charge on any atom is -0.382 e. The number of benzene rings is 1. The molecule has 2 aromatic heterocycles. The molecule has 0 aliphatic carbocycles. The van der Waals surface area contributed by atoms with Crippen LogP contribution in [0.1, 0.15) is 18.9 Å². The van der Waals surface area contributed by atoms with Gasteiger partial charge in [-0.15, -0.1) is 0 Å². The number of nitrogens with zero attached hydrogens (tertiary/aromatic N) is 6. The standard InChI is InChI=1S/C21H28N8O4S/c1-3-13-34(32,33)25-19-23-17(22)16-18(24-19)28(14-15-7-5-4-6-8-15)21(31)29(16)20(30)27-11-9-26(2)10-12-27/h4-8H,3,9-14H2,1-2H3,(H3,22,23,24,25). The van der Waals surface area contributed by atoms with Crippen molar-refractivity contribution < 1.29 is 13.2 Å². The summed E-state index contributed by atoms with van der Waals surface area (Å²) in [5.74, 6) is -0.524. The van der Waals surface area contributed by atoms with Crippen molar-refractivity contribution >= 4 is 39.0 Å². The van der Waals surface area contributed by atoms with Crippen LogP contribution in [-0.4, -0.2) is 82.3 Å². The first-order chi connectivity index (χ1) is 16.2. The van der Waals surface area contributed by atoms with E-state index in [-0.39, 0.29) is 35.2 Å². The number of amides is 1. The number of nitrogens with two attached hydrogens (primary N) is 1. The van der Waals surface area contributed by atoms with Crippen molar-refractivity contribution in [3.63, 3.8) is 0 Å². The van der Waals surface area contributed by atoms with Gasteiger partial charge >= 0.3 is 11.7 Å². The second kappa shape index (κ2) is 9.43. The third-order valence-corrected chi connectivity index (χ3v) is 7.10. The van der Waals surface area contributed by atoms with Crippen molar-refractivity contribution in [2.75, 3.05) is 49.4 Å². The number of nitrogens with one attached hydrogen (secondary N) is 1. The molecule has 1 aliphatic heterocycles. The normalized spacial score (nSPS) is 15.1. The number of imidazole rings is 1. The summed E-state index contributed by atoms with van der Waals surface area (Å²) in [5, 5.41) is 0. The first kappa shape index (κ1) is 23.7. The van der Waals surface area contributed by atoms with E-state index in [9.17, 15) is 18.0 Å². The Bertz CT molecular complexity index is 1360. The number of nitrogen functional groups attached to an aromatic ring is 1. The van der Waals surface area contributed by atoms with Crippen LogP contribution in [0.2, 0.25) is 0 Å². The Kier molecular flexibility index (Phi) is 6.57. The molecule has 1 aliphatic rings. The first-order valence-corrected chi connectivity index (χ1v) is 12.7. The van der Waals surface area contributed by atoms with Gasteiger partial charge in [0.25, 0.3) is 0 Å². The molecule has 1 saturated heterocycles. The van der Waals surface area contributed by atoms with Crippen LogP contribution in [0, 0.1) is 0 Å². The summed E-state index contributed by atoms with van der Waals surface area (Å²) in [6.45, 7) is 4.14. The van der Waals surface area contributed by atoms with E-state index in [0.29, 0.717) is 32.6 Å². The largest absolute Gasteiger partial charge is 0.382 e. The van der Waals surface area contributed by atoms with Crippen molar-refractivity contribution in [3.05, 3.63) is 46.4 Å². The van der Waals surface area contributed by atoms with Gasteiger partial charge in [-0.25, -0.2) is 22.6 Å². The molecule has 3 N–H and O–H groups in total. The number of rotatable bonds is 6. The van der Waals surface area contributed by atoms with E-state index < -0.39 is 21.7 Å². The summed E-state index contributed by atoms with van der Waals surface area (Å²) in [6.07, 6.45) is 0.404. The van der Waals surface area contributed by atoms with Crippen LogP contribution in [0.25, 0.3) is 11.2 Å². The van der Waals surface area contributed by atoms with E-state index in [1.807, 2.05) is 37.4 Å². The maximum atomic E-state index is 13.5. The lowest BCUT2D eigenvalue weighted by Crippen LogP contribution is -2.50. The number of piperazine rings is 1. The van der Waals surface area contributed by atoms with Crippen LogP contribution >= 0.6 is 0 Å². The molecule has 182 valence electrons. The van der Waals surface area contributed by atoms with Crippen LogP contribution in [0.15, 0.2) is 35.1 Å². The van der Waals surface area contributed by atoms with Gasteiger partial charge in [-0.1, -0.05) is 37.3 Å². The van der Waals surface area contributed by atoms with E-state index in [4.69, 9.17) is 5.73 Å². The molecule has 34 heavy (non-hydrogen) atoms. The lowest BCUT2D eigenvalue weighted by atomic mass is 10.2. The Morgan fingerprint density at radius 3 is 2.44 bits per heavy atom. The quantitative estimate of drug-likeness (QED) is 0.512. The molecule has 13 heteroatoms. The first-order valence-electron chi connectivity index (χ1n) is 11.0. The highest BCUT2D eigenvalue weighted by molar-refractivity contribution is 7.92. The van der Waals surface area contributed by atoms with Crippen LogP contribution in [0.3, 0.4) is 0 Å². The Morgan fingerprint density at radius 2 is 1.79 bits per heavy atom. The second-order valence-electron chi connectivity index (χ2n) is 8.29. The third kappa shape index (κ3) is 4.75. The number of sulfonamides is 1. The molecule has 1 fully saturated rings. The number of anilines is 2. The molecule has 0 saturated carbocycles. The second-order valence-corrected chi connectivity index (χ2v) is 10.1. The molecule has 12 nitrogen and oxygen atoms in total. The molecule has 0 spiro atoms. The van der Waals surface area contributed by atoms with Crippen molar-refractivity contribution in [1.82, 2.24) is 28.9 Å². The predicted molar refractivity (Wildman–Crippen MR) is 129 cm³/mol. The summed E-state index contributed by atoms with van der Waals surface area (Å²) in [6, 6.07) is 8.70. The maximum Gasteiger partial charge on any atom is 0.339 e. The van der Waals surface area contributed by atoms with Gasteiger partial charge in [0.1, 0.15) is 5.52 Å². The molecule has 0 radical (unpaired) electrons. The zero-order valence-electron chi connectivity index (χ0n) is 19.1. The molecule has 0 unspecified atom stereocenters. The molecular weight excluding hydrogens is 460 g/mol. The molecule has 3 heterocycles. The fraction of sp³-hybridized carbons (Fsp3) is 0.429. The van der Waals surface area contributed by atoms with Crippen molar-refractivity contribution in [2.24, 2.45) is 0 Å². The van der Waals surface area contributed by atoms with E-state index in [0.717, 1.165) is 10.1 Å². The molecule has 1 amide bonds. The lowest BCUT2D eigenvalue weighted by Gasteiger charge is -2.32. The smallest absolute Gasteiger partial charge is 0.339 e. The van der Waals surface area contributed by atoms with Gasteiger partial charge in [-0.3, -0.25) is 9.29 Å². The minimum atomic E-state index is -3.69. The summed E-state index contributed by atoms with van der Waals surface area (Å²) in [5.41, 5.74) is 6.51. The highest BCUT2D eigenvalue weighted by atomic mass is 32.2. The Labute approximate surface area is 197 Å². The van der Waals surface area contributed by atoms with Gasteiger partial charge in [0, 0.05) is 26.2 Å². The topological polar surface area (TPSA) is 148 Å². The van der Waals surface area contributed by atoms with E-state index in [1.54, 1.807) is 11.8 Å². The minimum absolute atomic E-state index is 0.0586. The Balaban J connectivity index is 1.86. The van der Waals surface area contributed by atoms with E-state index in [1.165, 1.54) is 4.57 Å². The summed E-state index contributed by atoms with van der Waals surface area (Å²) in [7, 11) is -1.72. The van der Waals surface area contributed by atoms with Gasteiger partial charge in [0.2, 0.25) is 16.0 Å². The molecule has 4 rings (SSSR count). The average molecular weight is 489 g/mol. The molecule has 0 bridgehead atoms. The third-order valence-electron chi connectivity index (χ3n) is 5.66. The van der Waals surface area contributed by atoms with Crippen LogP contribution in [0.4, 0.5) is 16.6 Å². The van der Waals surface area contributed by atoms with Crippen molar-refractivity contribution in [1.29, 1.82) is 0 Å². The molecule has 0 atom stereocenters. The van der Waals surface area contributed by atoms with Gasteiger partial charge < -0.3 is 15.5 Å². The van der Waals surface area contributed by atoms with E-state index in [2.05, 4.69) is 19.6 Å². The number of carbonyl (C=O) groups excluding carboxylic acids is 1.